The van der Waals surface area contributed by atoms with E-state index in [1.165, 1.54) is 12.1 Å². The molecule has 0 radical (unpaired) electrons. The summed E-state index contributed by atoms with van der Waals surface area (Å²) in [4.78, 5) is 0.121. The number of hydrogen-bond acceptors (Lipinski definition) is 3. The van der Waals surface area contributed by atoms with Crippen molar-refractivity contribution in [3.8, 4) is 5.75 Å². The average molecular weight is 215 g/mol. The van der Waals surface area contributed by atoms with Crippen LogP contribution in [-0.2, 0) is 16.4 Å². The molecule has 78 valence electrons. The molecule has 0 bridgehead atoms. The minimum absolute atomic E-state index is 0.121. The molecule has 0 atom stereocenters. The first-order valence-corrected chi connectivity index (χ1v) is 5.73. The molecule has 0 amide bonds. The maximum absolute atomic E-state index is 11.0. The Hall–Kier alpha value is -1.07. The molecule has 0 spiro atoms. The lowest BCUT2D eigenvalue weighted by Gasteiger charge is -2.07. The van der Waals surface area contributed by atoms with Gasteiger partial charge in [0.15, 0.2) is 0 Å². The van der Waals surface area contributed by atoms with Crippen LogP contribution < -0.4 is 9.88 Å². The largest absolute Gasteiger partial charge is 0.496 e. The van der Waals surface area contributed by atoms with Crippen molar-refractivity contribution in [1.82, 2.24) is 0 Å². The summed E-state index contributed by atoms with van der Waals surface area (Å²) >= 11 is 0. The van der Waals surface area contributed by atoms with Crippen LogP contribution in [0.25, 0.3) is 0 Å². The summed E-state index contributed by atoms with van der Waals surface area (Å²) in [5.41, 5.74) is 0.832. The van der Waals surface area contributed by atoms with Crippen LogP contribution in [0.4, 0.5) is 0 Å². The quantitative estimate of drug-likeness (QED) is 0.814. The third-order valence-electron chi connectivity index (χ3n) is 1.96. The number of benzene rings is 1. The highest BCUT2D eigenvalue weighted by Crippen LogP contribution is 2.21. The third kappa shape index (κ3) is 2.24. The van der Waals surface area contributed by atoms with E-state index < -0.39 is 10.0 Å². The lowest BCUT2D eigenvalue weighted by atomic mass is 10.1. The second-order valence-corrected chi connectivity index (χ2v) is 4.43. The van der Waals surface area contributed by atoms with E-state index in [9.17, 15) is 8.42 Å². The SMILES string of the molecule is CCc1cc(S(N)(=O)=O)ccc1OC. The molecular formula is C9H13NO3S. The summed E-state index contributed by atoms with van der Waals surface area (Å²) in [5.74, 6) is 0.680. The molecule has 0 unspecified atom stereocenters. The van der Waals surface area contributed by atoms with Gasteiger partial charge >= 0.3 is 0 Å². The van der Waals surface area contributed by atoms with Gasteiger partial charge in [-0.3, -0.25) is 0 Å². The summed E-state index contributed by atoms with van der Waals surface area (Å²) in [6.07, 6.45) is 0.701. The van der Waals surface area contributed by atoms with Gasteiger partial charge in [0.05, 0.1) is 12.0 Å². The molecule has 0 aliphatic heterocycles. The van der Waals surface area contributed by atoms with Gasteiger partial charge in [0, 0.05) is 0 Å². The highest BCUT2D eigenvalue weighted by atomic mass is 32.2. The first-order valence-electron chi connectivity index (χ1n) is 4.18. The first-order chi connectivity index (χ1) is 6.49. The predicted octanol–water partition coefficient (Wildman–Crippen LogP) is 0.905. The van der Waals surface area contributed by atoms with Crippen molar-refractivity contribution in [2.75, 3.05) is 7.11 Å². The topological polar surface area (TPSA) is 69.4 Å². The van der Waals surface area contributed by atoms with Crippen molar-refractivity contribution in [3.63, 3.8) is 0 Å². The second-order valence-electron chi connectivity index (χ2n) is 2.87. The van der Waals surface area contributed by atoms with Crippen LogP contribution in [0, 0.1) is 0 Å². The fourth-order valence-corrected chi connectivity index (χ4v) is 1.77. The summed E-state index contributed by atoms with van der Waals surface area (Å²) in [6.45, 7) is 1.92. The van der Waals surface area contributed by atoms with Gasteiger partial charge in [-0.05, 0) is 30.2 Å². The molecule has 1 rings (SSSR count). The molecule has 0 saturated carbocycles. The zero-order chi connectivity index (χ0) is 10.8. The van der Waals surface area contributed by atoms with E-state index in [0.717, 1.165) is 5.56 Å². The maximum Gasteiger partial charge on any atom is 0.238 e. The van der Waals surface area contributed by atoms with Crippen LogP contribution in [0.15, 0.2) is 23.1 Å². The van der Waals surface area contributed by atoms with Gasteiger partial charge in [-0.25, -0.2) is 13.6 Å². The monoisotopic (exact) mass is 215 g/mol. The fourth-order valence-electron chi connectivity index (χ4n) is 1.21. The van der Waals surface area contributed by atoms with E-state index in [-0.39, 0.29) is 4.90 Å². The Labute approximate surface area is 83.7 Å². The van der Waals surface area contributed by atoms with Crippen molar-refractivity contribution < 1.29 is 13.2 Å². The second kappa shape index (κ2) is 3.98. The predicted molar refractivity (Wildman–Crippen MR) is 53.7 cm³/mol. The number of nitrogens with two attached hydrogens (primary N) is 1. The standard InChI is InChI=1S/C9H13NO3S/c1-3-7-6-8(14(10,11)12)4-5-9(7)13-2/h4-6H,3H2,1-2H3,(H2,10,11,12). The van der Waals surface area contributed by atoms with Gasteiger partial charge in [-0.2, -0.15) is 0 Å². The number of primary sulfonamides is 1. The number of methoxy groups -OCH3 is 1. The zero-order valence-electron chi connectivity index (χ0n) is 8.15. The average Bonchev–Trinajstić information content (AvgIpc) is 2.15. The van der Waals surface area contributed by atoms with Gasteiger partial charge < -0.3 is 4.74 Å². The van der Waals surface area contributed by atoms with Crippen molar-refractivity contribution >= 4 is 10.0 Å². The van der Waals surface area contributed by atoms with Crippen LogP contribution >= 0.6 is 0 Å². The Balaban J connectivity index is 3.28. The van der Waals surface area contributed by atoms with Gasteiger partial charge in [0.2, 0.25) is 10.0 Å². The molecule has 1 aromatic rings. The molecule has 0 aliphatic rings. The summed E-state index contributed by atoms with van der Waals surface area (Å²) in [5, 5.41) is 5.00. The van der Waals surface area contributed by atoms with Crippen molar-refractivity contribution in [1.29, 1.82) is 0 Å². The van der Waals surface area contributed by atoms with E-state index in [0.29, 0.717) is 12.2 Å². The Morgan fingerprint density at radius 2 is 2.07 bits per heavy atom. The highest BCUT2D eigenvalue weighted by Gasteiger charge is 2.10. The lowest BCUT2D eigenvalue weighted by molar-refractivity contribution is 0.409. The zero-order valence-corrected chi connectivity index (χ0v) is 8.97. The Kier molecular flexibility index (Phi) is 3.13. The van der Waals surface area contributed by atoms with Gasteiger partial charge in [-0.15, -0.1) is 0 Å². The summed E-state index contributed by atoms with van der Waals surface area (Å²) in [6, 6.07) is 4.58. The molecule has 0 aliphatic carbocycles. The molecular weight excluding hydrogens is 202 g/mol. The third-order valence-corrected chi connectivity index (χ3v) is 2.87. The molecule has 0 heterocycles. The molecule has 4 nitrogen and oxygen atoms in total. The van der Waals surface area contributed by atoms with E-state index >= 15 is 0 Å². The minimum Gasteiger partial charge on any atom is -0.496 e. The fraction of sp³-hybridized carbons (Fsp3) is 0.333. The van der Waals surface area contributed by atoms with E-state index in [1.807, 2.05) is 6.92 Å². The smallest absolute Gasteiger partial charge is 0.238 e. The Bertz CT molecular complexity index is 426. The lowest BCUT2D eigenvalue weighted by Crippen LogP contribution is -2.12. The molecule has 2 N–H and O–H groups in total. The molecule has 5 heteroatoms. The highest BCUT2D eigenvalue weighted by molar-refractivity contribution is 7.89. The maximum atomic E-state index is 11.0. The molecule has 0 aromatic heterocycles. The van der Waals surface area contributed by atoms with Crippen LogP contribution in [0.2, 0.25) is 0 Å². The van der Waals surface area contributed by atoms with E-state index in [1.54, 1.807) is 13.2 Å². The van der Waals surface area contributed by atoms with Crippen LogP contribution in [0.1, 0.15) is 12.5 Å². The van der Waals surface area contributed by atoms with Crippen LogP contribution in [0.3, 0.4) is 0 Å². The van der Waals surface area contributed by atoms with E-state index in [4.69, 9.17) is 9.88 Å². The number of sulfonamides is 1. The summed E-state index contributed by atoms with van der Waals surface area (Å²) < 4.78 is 27.1. The van der Waals surface area contributed by atoms with Crippen LogP contribution in [0.5, 0.6) is 5.75 Å². The van der Waals surface area contributed by atoms with Gasteiger partial charge in [0.25, 0.3) is 0 Å². The van der Waals surface area contributed by atoms with Crippen molar-refractivity contribution in [2.24, 2.45) is 5.14 Å². The van der Waals surface area contributed by atoms with Gasteiger partial charge in [-0.1, -0.05) is 6.92 Å². The number of ether oxygens (including phenoxy) is 1. The molecule has 0 fully saturated rings. The summed E-state index contributed by atoms with van der Waals surface area (Å²) in [7, 11) is -2.07. The molecule has 14 heavy (non-hydrogen) atoms. The number of aryl methyl sites for hydroxylation is 1. The normalized spacial score (nSPS) is 11.4. The van der Waals surface area contributed by atoms with Gasteiger partial charge in [0.1, 0.15) is 5.75 Å². The minimum atomic E-state index is -3.62. The Morgan fingerprint density at radius 3 is 2.50 bits per heavy atom. The first kappa shape index (κ1) is 11.0. The van der Waals surface area contributed by atoms with Crippen molar-refractivity contribution in [2.45, 2.75) is 18.2 Å². The van der Waals surface area contributed by atoms with Crippen LogP contribution in [-0.4, -0.2) is 15.5 Å². The molecule has 0 saturated heterocycles. The Morgan fingerprint density at radius 1 is 1.43 bits per heavy atom. The number of hydrogen-bond donors (Lipinski definition) is 1. The number of rotatable bonds is 3. The van der Waals surface area contributed by atoms with Crippen molar-refractivity contribution in [3.05, 3.63) is 23.8 Å². The molecule has 1 aromatic carbocycles. The van der Waals surface area contributed by atoms with E-state index in [2.05, 4.69) is 0 Å².